The van der Waals surface area contributed by atoms with Gasteiger partial charge in [0, 0.05) is 38.1 Å². The molecule has 0 bridgehead atoms. The summed E-state index contributed by atoms with van der Waals surface area (Å²) in [6.07, 6.45) is 5.28. The lowest BCUT2D eigenvalue weighted by Crippen LogP contribution is -2.36. The minimum absolute atomic E-state index is 0.363. The van der Waals surface area contributed by atoms with Crippen molar-refractivity contribution in [3.8, 4) is 11.3 Å². The first-order valence-electron chi connectivity index (χ1n) is 10.1. The van der Waals surface area contributed by atoms with E-state index < -0.39 is 0 Å². The van der Waals surface area contributed by atoms with Gasteiger partial charge >= 0.3 is 0 Å². The molecule has 3 aromatic heterocycles. The fourth-order valence-electron chi connectivity index (χ4n) is 4.11. The van der Waals surface area contributed by atoms with Crippen LogP contribution in [0.3, 0.4) is 0 Å². The Morgan fingerprint density at radius 3 is 2.52 bits per heavy atom. The Hall–Kier alpha value is -2.84. The van der Waals surface area contributed by atoms with E-state index in [1.54, 1.807) is 0 Å². The maximum absolute atomic E-state index is 6.20. The Balaban J connectivity index is 1.54. The average molecular weight is 392 g/mol. The number of nitrogens with zero attached hydrogens (tertiary/aromatic N) is 5. The summed E-state index contributed by atoms with van der Waals surface area (Å²) < 4.78 is 11.0. The van der Waals surface area contributed by atoms with Crippen molar-refractivity contribution in [2.75, 3.05) is 50.2 Å². The lowest BCUT2D eigenvalue weighted by molar-refractivity contribution is 0.0856. The van der Waals surface area contributed by atoms with Gasteiger partial charge in [0.05, 0.1) is 24.3 Å². The normalized spacial score (nSPS) is 18.3. The molecule has 0 atom stereocenters. The number of ether oxygens (including phenoxy) is 2. The summed E-state index contributed by atoms with van der Waals surface area (Å²) in [6.45, 7) is 4.73. The van der Waals surface area contributed by atoms with Gasteiger partial charge in [-0.3, -0.25) is 0 Å². The lowest BCUT2D eigenvalue weighted by atomic mass is 9.89. The molecule has 0 aromatic carbocycles. The van der Waals surface area contributed by atoms with Gasteiger partial charge < -0.3 is 20.1 Å². The zero-order chi connectivity index (χ0) is 19.6. The molecular formula is C21H24N6O2. The fourth-order valence-corrected chi connectivity index (χ4v) is 4.11. The van der Waals surface area contributed by atoms with E-state index in [1.165, 1.54) is 6.33 Å². The van der Waals surface area contributed by atoms with E-state index in [0.29, 0.717) is 17.4 Å². The van der Waals surface area contributed by atoms with Gasteiger partial charge in [0.25, 0.3) is 0 Å². The highest BCUT2D eigenvalue weighted by Gasteiger charge is 2.22. The zero-order valence-corrected chi connectivity index (χ0v) is 16.3. The number of fused-ring (bicyclic) bond motifs is 1. The molecule has 8 nitrogen and oxygen atoms in total. The van der Waals surface area contributed by atoms with Crippen molar-refractivity contribution in [3.05, 3.63) is 36.3 Å². The smallest absolute Gasteiger partial charge is 0.165 e. The molecule has 0 amide bonds. The molecule has 3 aromatic rings. The maximum Gasteiger partial charge on any atom is 0.165 e. The van der Waals surface area contributed by atoms with E-state index in [-0.39, 0.29) is 0 Å². The summed E-state index contributed by atoms with van der Waals surface area (Å²) in [5.41, 5.74) is 9.82. The number of hydrogen-bond donors (Lipinski definition) is 1. The van der Waals surface area contributed by atoms with Crippen LogP contribution < -0.4 is 10.6 Å². The Kier molecular flexibility index (Phi) is 4.95. The number of anilines is 2. The molecule has 2 saturated heterocycles. The van der Waals surface area contributed by atoms with Gasteiger partial charge in [-0.1, -0.05) is 0 Å². The number of hydrogen-bond acceptors (Lipinski definition) is 8. The highest BCUT2D eigenvalue weighted by molar-refractivity contribution is 5.90. The van der Waals surface area contributed by atoms with E-state index in [4.69, 9.17) is 20.2 Å². The SMILES string of the molecule is Nc1ncnc2nc(-c3ccc(N4CCOCC4)nc3)cc(C3CCOCC3)c12. The van der Waals surface area contributed by atoms with Crippen LogP contribution in [0.5, 0.6) is 0 Å². The molecule has 2 aliphatic rings. The molecule has 8 heteroatoms. The molecule has 2 aliphatic heterocycles. The molecule has 0 radical (unpaired) electrons. The Morgan fingerprint density at radius 2 is 1.76 bits per heavy atom. The van der Waals surface area contributed by atoms with E-state index in [9.17, 15) is 0 Å². The van der Waals surface area contributed by atoms with Crippen molar-refractivity contribution in [2.45, 2.75) is 18.8 Å². The van der Waals surface area contributed by atoms with Crippen LogP contribution in [0.15, 0.2) is 30.7 Å². The number of pyridine rings is 2. The highest BCUT2D eigenvalue weighted by atomic mass is 16.5. The number of aromatic nitrogens is 4. The summed E-state index contributed by atoms with van der Waals surface area (Å²) in [6, 6.07) is 6.25. The first kappa shape index (κ1) is 18.2. The summed E-state index contributed by atoms with van der Waals surface area (Å²) in [7, 11) is 0. The van der Waals surface area contributed by atoms with Crippen molar-refractivity contribution in [1.29, 1.82) is 0 Å². The largest absolute Gasteiger partial charge is 0.383 e. The van der Waals surface area contributed by atoms with E-state index in [2.05, 4.69) is 38.1 Å². The number of nitrogens with two attached hydrogens (primary N) is 1. The first-order valence-corrected chi connectivity index (χ1v) is 10.1. The van der Waals surface area contributed by atoms with Gasteiger partial charge in [0.1, 0.15) is 18.0 Å². The second-order valence-electron chi connectivity index (χ2n) is 7.45. The van der Waals surface area contributed by atoms with Gasteiger partial charge in [0.2, 0.25) is 0 Å². The Labute approximate surface area is 169 Å². The number of nitrogen functional groups attached to an aromatic ring is 1. The van der Waals surface area contributed by atoms with E-state index >= 15 is 0 Å². The topological polar surface area (TPSA) is 99.3 Å². The fraction of sp³-hybridized carbons (Fsp3) is 0.429. The van der Waals surface area contributed by atoms with Crippen LogP contribution in [-0.4, -0.2) is 59.5 Å². The van der Waals surface area contributed by atoms with E-state index in [0.717, 1.165) is 80.4 Å². The van der Waals surface area contributed by atoms with Gasteiger partial charge in [-0.25, -0.2) is 19.9 Å². The zero-order valence-electron chi connectivity index (χ0n) is 16.3. The van der Waals surface area contributed by atoms with Gasteiger partial charge in [-0.2, -0.15) is 0 Å². The monoisotopic (exact) mass is 392 g/mol. The second kappa shape index (κ2) is 7.88. The second-order valence-corrected chi connectivity index (χ2v) is 7.45. The van der Waals surface area contributed by atoms with Crippen molar-refractivity contribution in [3.63, 3.8) is 0 Å². The van der Waals surface area contributed by atoms with Gasteiger partial charge in [-0.15, -0.1) is 0 Å². The molecule has 150 valence electrons. The van der Waals surface area contributed by atoms with Gasteiger partial charge in [0.15, 0.2) is 5.65 Å². The van der Waals surface area contributed by atoms with Crippen LogP contribution in [0.25, 0.3) is 22.3 Å². The van der Waals surface area contributed by atoms with Crippen LogP contribution >= 0.6 is 0 Å². The number of morpholine rings is 1. The van der Waals surface area contributed by atoms with Crippen molar-refractivity contribution in [2.24, 2.45) is 0 Å². The standard InChI is InChI=1S/C21H24N6O2/c22-20-19-16(14-3-7-28-8-4-14)11-17(26-21(19)25-13-24-20)15-1-2-18(23-12-15)27-5-9-29-10-6-27/h1-2,11-14H,3-10H2,(H2,22,24,25,26). The highest BCUT2D eigenvalue weighted by Crippen LogP contribution is 2.36. The van der Waals surface area contributed by atoms with Crippen LogP contribution in [0.1, 0.15) is 24.3 Å². The minimum atomic E-state index is 0.363. The predicted molar refractivity (Wildman–Crippen MR) is 111 cm³/mol. The Morgan fingerprint density at radius 1 is 0.966 bits per heavy atom. The number of rotatable bonds is 3. The summed E-state index contributed by atoms with van der Waals surface area (Å²) in [4.78, 5) is 20.3. The van der Waals surface area contributed by atoms with E-state index in [1.807, 2.05) is 6.20 Å². The Bertz CT molecular complexity index is 998. The molecule has 0 saturated carbocycles. The molecule has 0 spiro atoms. The van der Waals surface area contributed by atoms with Gasteiger partial charge in [-0.05, 0) is 42.5 Å². The molecule has 0 aliphatic carbocycles. The lowest BCUT2D eigenvalue weighted by Gasteiger charge is -2.27. The van der Waals surface area contributed by atoms with Crippen LogP contribution in [-0.2, 0) is 9.47 Å². The maximum atomic E-state index is 6.20. The molecule has 2 N–H and O–H groups in total. The molecule has 5 heterocycles. The van der Waals surface area contributed by atoms with Crippen LogP contribution in [0.4, 0.5) is 11.6 Å². The molecular weight excluding hydrogens is 368 g/mol. The molecule has 5 rings (SSSR count). The summed E-state index contributed by atoms with van der Waals surface area (Å²) in [5, 5.41) is 0.862. The summed E-state index contributed by atoms with van der Waals surface area (Å²) in [5.74, 6) is 1.81. The molecule has 2 fully saturated rings. The third kappa shape index (κ3) is 3.61. The molecule has 29 heavy (non-hydrogen) atoms. The average Bonchev–Trinajstić information content (AvgIpc) is 2.80. The molecule has 0 unspecified atom stereocenters. The third-order valence-electron chi connectivity index (χ3n) is 5.70. The summed E-state index contributed by atoms with van der Waals surface area (Å²) >= 11 is 0. The quantitative estimate of drug-likeness (QED) is 0.725. The van der Waals surface area contributed by atoms with Crippen molar-refractivity contribution < 1.29 is 9.47 Å². The van der Waals surface area contributed by atoms with Crippen molar-refractivity contribution in [1.82, 2.24) is 19.9 Å². The van der Waals surface area contributed by atoms with Crippen LogP contribution in [0.2, 0.25) is 0 Å². The first-order chi connectivity index (χ1) is 14.3. The third-order valence-corrected chi connectivity index (χ3v) is 5.70. The van der Waals surface area contributed by atoms with Crippen LogP contribution in [0, 0.1) is 0 Å². The predicted octanol–water partition coefficient (Wildman–Crippen LogP) is 2.40. The minimum Gasteiger partial charge on any atom is -0.383 e. The van der Waals surface area contributed by atoms with Crippen molar-refractivity contribution >= 4 is 22.7 Å².